The summed E-state index contributed by atoms with van der Waals surface area (Å²) in [5.41, 5.74) is 1.62. The van der Waals surface area contributed by atoms with E-state index in [-0.39, 0.29) is 17.8 Å². The van der Waals surface area contributed by atoms with Crippen LogP contribution in [0.25, 0.3) is 11.0 Å². The van der Waals surface area contributed by atoms with Crippen LogP contribution in [0.3, 0.4) is 0 Å². The molecule has 11 heteroatoms. The number of benzene rings is 1. The summed E-state index contributed by atoms with van der Waals surface area (Å²) in [4.78, 5) is 32.8. The normalized spacial score (nSPS) is 22.1. The van der Waals surface area contributed by atoms with Crippen LogP contribution in [0.2, 0.25) is 0 Å². The molecule has 1 aromatic carbocycles. The summed E-state index contributed by atoms with van der Waals surface area (Å²) in [6, 6.07) is 7.05. The number of rotatable bonds is 0. The Balaban J connectivity index is 1.47. The first kappa shape index (κ1) is 23.1. The summed E-state index contributed by atoms with van der Waals surface area (Å²) in [6.07, 6.45) is 3.61. The van der Waals surface area contributed by atoms with Crippen LogP contribution < -0.4 is 10.1 Å². The van der Waals surface area contributed by atoms with Gasteiger partial charge < -0.3 is 30.2 Å². The van der Waals surface area contributed by atoms with Crippen molar-refractivity contribution in [2.45, 2.75) is 25.0 Å². The molecule has 0 radical (unpaired) electrons. The minimum absolute atomic E-state index is 0.0187. The van der Waals surface area contributed by atoms with Gasteiger partial charge in [-0.3, -0.25) is 14.7 Å². The predicted molar refractivity (Wildman–Crippen MR) is 131 cm³/mol. The Morgan fingerprint density at radius 2 is 2.11 bits per heavy atom. The molecule has 3 aromatic rings. The molecule has 1 fully saturated rings. The number of aliphatic hydroxyl groups excluding tert-OH is 1. The lowest BCUT2D eigenvalue weighted by Crippen LogP contribution is -2.45. The van der Waals surface area contributed by atoms with Crippen molar-refractivity contribution in [3.8, 4) is 11.6 Å². The lowest BCUT2D eigenvalue weighted by Gasteiger charge is -2.27. The van der Waals surface area contributed by atoms with Crippen molar-refractivity contribution in [2.75, 3.05) is 45.2 Å². The maximum absolute atomic E-state index is 13.2. The quantitative estimate of drug-likeness (QED) is 0.380. The Morgan fingerprint density at radius 1 is 1.23 bits per heavy atom. The van der Waals surface area contributed by atoms with E-state index in [4.69, 9.17) is 4.74 Å². The molecule has 4 heterocycles. The fraction of sp³-hybridized carbons (Fsp3) is 0.417. The number of aromatic nitrogens is 3. The monoisotopic (exact) mass is 479 g/mol. The Hall–Kier alpha value is -3.70. The number of hydrogen-bond donors (Lipinski definition) is 4. The number of hydrogen-bond acceptors (Lipinski definition) is 9. The third kappa shape index (κ3) is 4.91. The van der Waals surface area contributed by atoms with Gasteiger partial charge in [0.05, 0.1) is 35.4 Å². The molecule has 2 bridgehead atoms. The zero-order valence-corrected chi connectivity index (χ0v) is 19.5. The molecule has 0 aliphatic carbocycles. The average molecular weight is 480 g/mol. The summed E-state index contributed by atoms with van der Waals surface area (Å²) in [6.45, 7) is 2.50. The van der Waals surface area contributed by atoms with Crippen molar-refractivity contribution in [3.05, 3.63) is 36.2 Å². The first-order valence-electron chi connectivity index (χ1n) is 11.7. The minimum Gasteiger partial charge on any atom is -0.494 e. The topological polar surface area (TPSA) is 139 Å². The first-order valence-corrected chi connectivity index (χ1v) is 11.7. The molecule has 0 spiro atoms. The first-order chi connectivity index (χ1) is 17.0. The number of aromatic amines is 1. The molecule has 2 aliphatic rings. The smallest absolute Gasteiger partial charge is 0.239 e. The van der Waals surface area contributed by atoms with Crippen LogP contribution >= 0.6 is 0 Å². The molecular weight excluding hydrogens is 450 g/mol. The van der Waals surface area contributed by atoms with Crippen molar-refractivity contribution in [1.29, 1.82) is 0 Å². The third-order valence-corrected chi connectivity index (χ3v) is 6.41. The average Bonchev–Trinajstić information content (AvgIpc) is 3.38. The van der Waals surface area contributed by atoms with Crippen LogP contribution in [0.15, 0.2) is 35.6 Å². The van der Waals surface area contributed by atoms with Gasteiger partial charge in [-0.1, -0.05) is 6.07 Å². The highest BCUT2D eigenvalue weighted by molar-refractivity contribution is 6.06. The van der Waals surface area contributed by atoms with Gasteiger partial charge in [0.25, 0.3) is 0 Å². The molecule has 184 valence electrons. The van der Waals surface area contributed by atoms with Gasteiger partial charge in [-0.2, -0.15) is 0 Å². The van der Waals surface area contributed by atoms with Crippen LogP contribution in [0, 0.1) is 0 Å². The van der Waals surface area contributed by atoms with Gasteiger partial charge in [-0.15, -0.1) is 0 Å². The maximum Gasteiger partial charge on any atom is 0.239 e. The second-order valence-corrected chi connectivity index (χ2v) is 8.88. The van der Waals surface area contributed by atoms with Gasteiger partial charge in [0.1, 0.15) is 23.5 Å². The molecule has 2 aromatic heterocycles. The third-order valence-electron chi connectivity index (χ3n) is 6.41. The van der Waals surface area contributed by atoms with Crippen molar-refractivity contribution >= 4 is 34.7 Å². The van der Waals surface area contributed by atoms with Crippen molar-refractivity contribution in [2.24, 2.45) is 4.99 Å². The number of carbonyl (C=O) groups excluding carboxylic acids is 1. The number of likely N-dealkylation sites (N-methyl/N-ethyl adjacent to an activating group) is 1. The number of amides is 1. The molecule has 5 rings (SSSR count). The van der Waals surface area contributed by atoms with Crippen molar-refractivity contribution in [1.82, 2.24) is 24.8 Å². The van der Waals surface area contributed by atoms with E-state index in [9.17, 15) is 15.0 Å². The fourth-order valence-electron chi connectivity index (χ4n) is 4.63. The summed E-state index contributed by atoms with van der Waals surface area (Å²) in [7, 11) is 1.76. The van der Waals surface area contributed by atoms with Crippen LogP contribution in [-0.2, 0) is 4.79 Å². The number of H-pyrrole nitrogens is 1. The lowest BCUT2D eigenvalue weighted by atomic mass is 10.1. The van der Waals surface area contributed by atoms with Gasteiger partial charge in [0.2, 0.25) is 5.91 Å². The summed E-state index contributed by atoms with van der Waals surface area (Å²) in [5, 5.41) is 24.6. The highest BCUT2D eigenvalue weighted by Crippen LogP contribution is 2.30. The number of ether oxygens (including phenoxy) is 1. The number of aliphatic imine (C=N–C) groups is 1. The van der Waals surface area contributed by atoms with E-state index >= 15 is 0 Å². The molecule has 35 heavy (non-hydrogen) atoms. The summed E-state index contributed by atoms with van der Waals surface area (Å²) in [5.74, 6) is 1.13. The number of nitrogens with zero attached hydrogens (tertiary/aromatic N) is 5. The van der Waals surface area contributed by atoms with Crippen LogP contribution in [0.5, 0.6) is 11.6 Å². The predicted octanol–water partition coefficient (Wildman–Crippen LogP) is 1.50. The number of anilines is 1. The van der Waals surface area contributed by atoms with E-state index in [1.54, 1.807) is 18.2 Å². The molecule has 0 saturated carbocycles. The summed E-state index contributed by atoms with van der Waals surface area (Å²) < 4.78 is 5.91. The van der Waals surface area contributed by atoms with Crippen molar-refractivity contribution < 1.29 is 19.7 Å². The number of nitrogens with one attached hydrogen (secondary N) is 2. The van der Waals surface area contributed by atoms with E-state index in [0.717, 1.165) is 6.42 Å². The Kier molecular flexibility index (Phi) is 6.51. The maximum atomic E-state index is 13.2. The Bertz CT molecular complexity index is 1240. The van der Waals surface area contributed by atoms with E-state index in [0.29, 0.717) is 73.1 Å². The molecule has 2 atom stereocenters. The number of aliphatic hydroxyl groups is 1. The van der Waals surface area contributed by atoms with Gasteiger partial charge in [0, 0.05) is 45.5 Å². The van der Waals surface area contributed by atoms with E-state index < -0.39 is 6.10 Å². The van der Waals surface area contributed by atoms with Crippen LogP contribution in [0.1, 0.15) is 18.4 Å². The SMILES string of the molecule is CN1CCNc2ncnc3[nH]c(O)c(c23)C=Nc2cccc(c2)OCCCN2C[C@H](O)C[C@H]2C1=O. The molecule has 4 N–H and O–H groups in total. The summed E-state index contributed by atoms with van der Waals surface area (Å²) >= 11 is 0. The van der Waals surface area contributed by atoms with E-state index in [1.807, 2.05) is 29.2 Å². The number of carbonyl (C=O) groups is 1. The molecule has 1 amide bonds. The second kappa shape index (κ2) is 9.88. The van der Waals surface area contributed by atoms with Gasteiger partial charge in [-0.05, 0) is 25.0 Å². The van der Waals surface area contributed by atoms with Gasteiger partial charge >= 0.3 is 0 Å². The highest BCUT2D eigenvalue weighted by Gasteiger charge is 2.36. The largest absolute Gasteiger partial charge is 0.494 e. The van der Waals surface area contributed by atoms with Crippen molar-refractivity contribution in [3.63, 3.8) is 0 Å². The Morgan fingerprint density at radius 3 is 3.00 bits per heavy atom. The molecule has 2 aliphatic heterocycles. The molecular formula is C24H29N7O4. The highest BCUT2D eigenvalue weighted by atomic mass is 16.5. The Labute approximate surface area is 202 Å². The number of fused-ring (bicyclic) bond motifs is 3. The van der Waals surface area contributed by atoms with E-state index in [1.165, 1.54) is 6.33 Å². The van der Waals surface area contributed by atoms with Crippen LogP contribution in [0.4, 0.5) is 11.5 Å². The number of aromatic hydroxyl groups is 1. The lowest BCUT2D eigenvalue weighted by molar-refractivity contribution is -0.134. The zero-order valence-electron chi connectivity index (χ0n) is 19.5. The fourth-order valence-corrected chi connectivity index (χ4v) is 4.63. The molecule has 0 unspecified atom stereocenters. The van der Waals surface area contributed by atoms with Crippen LogP contribution in [-0.4, -0.2) is 99.1 Å². The second-order valence-electron chi connectivity index (χ2n) is 8.88. The van der Waals surface area contributed by atoms with Gasteiger partial charge in [-0.25, -0.2) is 9.97 Å². The van der Waals surface area contributed by atoms with E-state index in [2.05, 4.69) is 25.3 Å². The molecule has 1 saturated heterocycles. The zero-order chi connectivity index (χ0) is 24.4. The van der Waals surface area contributed by atoms with Gasteiger partial charge in [0.15, 0.2) is 5.88 Å². The minimum atomic E-state index is -0.516. The standard InChI is InChI=1S/C24H29N7O4/c1-30-8-6-25-21-20-18(23(33)29-22(20)28-14-27-21)12-26-15-4-2-5-17(10-15)35-9-3-7-31-13-16(32)11-19(31)24(30)34/h2,4-5,10,12,14,16,19,32-33H,3,6-9,11,13H2,1H3,(H2,25,27,28,29)/t16-,19+/m1/s1. The molecule has 11 nitrogen and oxygen atoms in total.